The van der Waals surface area contributed by atoms with Gasteiger partial charge in [0.15, 0.2) is 0 Å². The van der Waals surface area contributed by atoms with Gasteiger partial charge in [-0.15, -0.1) is 0 Å². The molecule has 0 aromatic heterocycles. The van der Waals surface area contributed by atoms with E-state index in [1.165, 1.54) is 0 Å². The van der Waals surface area contributed by atoms with Crippen LogP contribution in [0.4, 0.5) is 0 Å². The van der Waals surface area contributed by atoms with E-state index < -0.39 is 0 Å². The molecule has 0 spiro atoms. The lowest BCUT2D eigenvalue weighted by Crippen LogP contribution is -2.40. The summed E-state index contributed by atoms with van der Waals surface area (Å²) in [7, 11) is 0. The van der Waals surface area contributed by atoms with Crippen molar-refractivity contribution in [1.29, 1.82) is 0 Å². The minimum absolute atomic E-state index is 0.0362. The van der Waals surface area contributed by atoms with E-state index in [1.807, 2.05) is 35.2 Å². The summed E-state index contributed by atoms with van der Waals surface area (Å²) in [6.45, 7) is 3.42. The van der Waals surface area contributed by atoms with Gasteiger partial charge in [-0.3, -0.25) is 14.5 Å². The van der Waals surface area contributed by atoms with E-state index in [1.54, 1.807) is 18.2 Å². The van der Waals surface area contributed by atoms with E-state index in [9.17, 15) is 9.59 Å². The van der Waals surface area contributed by atoms with Crippen LogP contribution in [0, 0.1) is 0 Å². The highest BCUT2D eigenvalue weighted by atomic mass is 35.5. The van der Waals surface area contributed by atoms with Gasteiger partial charge in [-0.25, -0.2) is 0 Å². The second-order valence-electron chi connectivity index (χ2n) is 6.81. The van der Waals surface area contributed by atoms with Crippen LogP contribution in [0.1, 0.15) is 22.3 Å². The predicted octanol–water partition coefficient (Wildman–Crippen LogP) is 3.46. The lowest BCUT2D eigenvalue weighted by Gasteiger charge is -2.22. The fourth-order valence-corrected chi connectivity index (χ4v) is 3.67. The molecular formula is C21H23Cl2N3O2. The second kappa shape index (κ2) is 9.92. The Hall–Kier alpha value is -2.08. The molecule has 0 unspecified atom stereocenters. The Labute approximate surface area is 175 Å². The monoisotopic (exact) mass is 419 g/mol. The van der Waals surface area contributed by atoms with Gasteiger partial charge in [0.1, 0.15) is 0 Å². The molecule has 3 rings (SSSR count). The van der Waals surface area contributed by atoms with Crippen molar-refractivity contribution in [3.8, 4) is 0 Å². The van der Waals surface area contributed by atoms with Crippen molar-refractivity contribution < 1.29 is 9.59 Å². The first-order valence-electron chi connectivity index (χ1n) is 9.30. The van der Waals surface area contributed by atoms with Gasteiger partial charge in [-0.1, -0.05) is 47.5 Å². The highest BCUT2D eigenvalue weighted by Gasteiger charge is 2.22. The van der Waals surface area contributed by atoms with Gasteiger partial charge in [0.05, 0.1) is 17.1 Å². The molecule has 1 N–H and O–H groups in total. The average Bonchev–Trinajstić information content (AvgIpc) is 2.92. The molecule has 2 aromatic rings. The Morgan fingerprint density at radius 1 is 0.964 bits per heavy atom. The van der Waals surface area contributed by atoms with Gasteiger partial charge < -0.3 is 10.2 Å². The van der Waals surface area contributed by atoms with E-state index in [-0.39, 0.29) is 11.8 Å². The Morgan fingerprint density at radius 2 is 1.79 bits per heavy atom. The van der Waals surface area contributed by atoms with Crippen molar-refractivity contribution in [2.75, 3.05) is 32.7 Å². The van der Waals surface area contributed by atoms with Crippen LogP contribution >= 0.6 is 23.2 Å². The number of rotatable bonds is 5. The summed E-state index contributed by atoms with van der Waals surface area (Å²) in [6, 6.07) is 14.5. The molecule has 148 valence electrons. The van der Waals surface area contributed by atoms with Crippen LogP contribution < -0.4 is 5.32 Å². The van der Waals surface area contributed by atoms with Gasteiger partial charge in [0, 0.05) is 37.7 Å². The van der Waals surface area contributed by atoms with Crippen molar-refractivity contribution in [2.45, 2.75) is 13.0 Å². The summed E-state index contributed by atoms with van der Waals surface area (Å²) in [5.41, 5.74) is 1.49. The summed E-state index contributed by atoms with van der Waals surface area (Å²) >= 11 is 12.1. The predicted molar refractivity (Wildman–Crippen MR) is 112 cm³/mol. The maximum Gasteiger partial charge on any atom is 0.255 e. The van der Waals surface area contributed by atoms with Crippen LogP contribution in [0.3, 0.4) is 0 Å². The molecule has 0 aliphatic carbocycles. The van der Waals surface area contributed by atoms with Crippen LogP contribution in [-0.4, -0.2) is 54.3 Å². The molecule has 7 heteroatoms. The standard InChI is InChI=1S/C21H23Cl2N3O2/c22-17-6-3-5-16(13-17)14-24-20(27)15-25-9-4-10-26(12-11-25)21(28)18-7-1-2-8-19(18)23/h1-3,5-8,13H,4,9-12,14-15H2,(H,24,27). The van der Waals surface area contributed by atoms with Gasteiger partial charge >= 0.3 is 0 Å². The molecule has 0 bridgehead atoms. The maximum atomic E-state index is 12.7. The van der Waals surface area contributed by atoms with Gasteiger partial charge in [0.25, 0.3) is 5.91 Å². The van der Waals surface area contributed by atoms with E-state index >= 15 is 0 Å². The molecule has 0 atom stereocenters. The SMILES string of the molecule is O=C(CN1CCCN(C(=O)c2ccccc2Cl)CC1)NCc1cccc(Cl)c1. The van der Waals surface area contributed by atoms with Crippen molar-refractivity contribution in [3.05, 3.63) is 69.7 Å². The second-order valence-corrected chi connectivity index (χ2v) is 7.65. The highest BCUT2D eigenvalue weighted by molar-refractivity contribution is 6.33. The summed E-state index contributed by atoms with van der Waals surface area (Å²) < 4.78 is 0. The van der Waals surface area contributed by atoms with Crippen molar-refractivity contribution >= 4 is 35.0 Å². The van der Waals surface area contributed by atoms with Crippen molar-refractivity contribution in [3.63, 3.8) is 0 Å². The number of halogens is 2. The zero-order chi connectivity index (χ0) is 19.9. The molecule has 1 fully saturated rings. The molecular weight excluding hydrogens is 397 g/mol. The quantitative estimate of drug-likeness (QED) is 0.806. The molecule has 2 amide bonds. The van der Waals surface area contributed by atoms with Gasteiger partial charge in [-0.05, 0) is 36.2 Å². The number of hydrogen-bond acceptors (Lipinski definition) is 3. The minimum atomic E-state index is -0.0575. The summed E-state index contributed by atoms with van der Waals surface area (Å²) in [5.74, 6) is -0.0938. The van der Waals surface area contributed by atoms with Crippen molar-refractivity contribution in [1.82, 2.24) is 15.1 Å². The third-order valence-electron chi connectivity index (χ3n) is 4.73. The van der Waals surface area contributed by atoms with Gasteiger partial charge in [-0.2, -0.15) is 0 Å². The molecule has 28 heavy (non-hydrogen) atoms. The van der Waals surface area contributed by atoms with E-state index in [0.29, 0.717) is 48.3 Å². The van der Waals surface area contributed by atoms with Crippen molar-refractivity contribution in [2.24, 2.45) is 0 Å². The molecule has 2 aromatic carbocycles. The average molecular weight is 420 g/mol. The van der Waals surface area contributed by atoms with Crippen LogP contribution in [0.25, 0.3) is 0 Å². The number of hydrogen-bond donors (Lipinski definition) is 1. The third-order valence-corrected chi connectivity index (χ3v) is 5.29. The number of carbonyl (C=O) groups is 2. The number of nitrogens with one attached hydrogen (secondary N) is 1. The highest BCUT2D eigenvalue weighted by Crippen LogP contribution is 2.18. The van der Waals surface area contributed by atoms with Crippen LogP contribution in [0.5, 0.6) is 0 Å². The first-order valence-corrected chi connectivity index (χ1v) is 10.1. The Balaban J connectivity index is 1.49. The van der Waals surface area contributed by atoms with Crippen LogP contribution in [0.15, 0.2) is 48.5 Å². The molecule has 1 aliphatic heterocycles. The largest absolute Gasteiger partial charge is 0.351 e. The fraction of sp³-hybridized carbons (Fsp3) is 0.333. The smallest absolute Gasteiger partial charge is 0.255 e. The lowest BCUT2D eigenvalue weighted by atomic mass is 10.2. The third kappa shape index (κ3) is 5.71. The van der Waals surface area contributed by atoms with E-state index in [2.05, 4.69) is 10.2 Å². The number of nitrogens with zero attached hydrogens (tertiary/aromatic N) is 2. The minimum Gasteiger partial charge on any atom is -0.351 e. The Morgan fingerprint density at radius 3 is 2.57 bits per heavy atom. The topological polar surface area (TPSA) is 52.7 Å². The van der Waals surface area contributed by atoms with Crippen LogP contribution in [0.2, 0.25) is 10.0 Å². The lowest BCUT2D eigenvalue weighted by molar-refractivity contribution is -0.122. The maximum absolute atomic E-state index is 12.7. The normalized spacial score (nSPS) is 15.1. The van der Waals surface area contributed by atoms with E-state index in [0.717, 1.165) is 18.5 Å². The molecule has 1 heterocycles. The molecule has 1 saturated heterocycles. The summed E-state index contributed by atoms with van der Waals surface area (Å²) in [4.78, 5) is 28.9. The summed E-state index contributed by atoms with van der Waals surface area (Å²) in [5, 5.41) is 4.05. The van der Waals surface area contributed by atoms with E-state index in [4.69, 9.17) is 23.2 Å². The number of amides is 2. The zero-order valence-electron chi connectivity index (χ0n) is 15.5. The fourth-order valence-electron chi connectivity index (χ4n) is 3.24. The Kier molecular flexibility index (Phi) is 7.31. The zero-order valence-corrected chi connectivity index (χ0v) is 17.0. The molecule has 0 saturated carbocycles. The summed E-state index contributed by atoms with van der Waals surface area (Å²) in [6.07, 6.45) is 0.817. The number of carbonyl (C=O) groups excluding carboxylic acids is 2. The molecule has 0 radical (unpaired) electrons. The first kappa shape index (κ1) is 20.6. The first-order chi connectivity index (χ1) is 13.5. The molecule has 5 nitrogen and oxygen atoms in total. The number of benzene rings is 2. The Bertz CT molecular complexity index is 844. The molecule has 1 aliphatic rings. The van der Waals surface area contributed by atoms with Gasteiger partial charge in [0.2, 0.25) is 5.91 Å². The van der Waals surface area contributed by atoms with Crippen LogP contribution in [-0.2, 0) is 11.3 Å².